The van der Waals surface area contributed by atoms with E-state index in [0.717, 1.165) is 0 Å². The van der Waals surface area contributed by atoms with Crippen molar-refractivity contribution in [2.75, 3.05) is 6.79 Å². The lowest BCUT2D eigenvalue weighted by atomic mass is 10.1. The lowest BCUT2D eigenvalue weighted by molar-refractivity contribution is -0.138. The fraction of sp³-hybridized carbons (Fsp3) is 0.273. The molecule has 1 atom stereocenters. The minimum atomic E-state index is -1.09. The maximum absolute atomic E-state index is 11.8. The molecule has 1 heterocycles. The van der Waals surface area contributed by atoms with E-state index in [1.54, 1.807) is 6.07 Å². The smallest absolute Gasteiger partial charge is 0.325 e. The van der Waals surface area contributed by atoms with E-state index in [0.29, 0.717) is 21.5 Å². The third-order valence-corrected chi connectivity index (χ3v) is 3.00. The highest BCUT2D eigenvalue weighted by molar-refractivity contribution is 9.10. The molecule has 2 rings (SSSR count). The fourth-order valence-corrected chi connectivity index (χ4v) is 2.00. The summed E-state index contributed by atoms with van der Waals surface area (Å²) in [5.41, 5.74) is 0.305. The van der Waals surface area contributed by atoms with Gasteiger partial charge in [0.25, 0.3) is 5.91 Å². The molecule has 1 aliphatic heterocycles. The first-order valence-electron chi connectivity index (χ1n) is 5.12. The standard InChI is InChI=1S/C11H10BrNO5/c1-5(11(15)16)13-10(14)6-2-7(12)9-8(3-6)17-4-18-9/h2-3,5H,4H2,1H3,(H,13,14)(H,15,16). The third kappa shape index (κ3) is 2.40. The Morgan fingerprint density at radius 3 is 2.83 bits per heavy atom. The van der Waals surface area contributed by atoms with Gasteiger partial charge in [0.1, 0.15) is 6.04 Å². The van der Waals surface area contributed by atoms with Gasteiger partial charge in [-0.15, -0.1) is 0 Å². The maximum atomic E-state index is 11.8. The highest BCUT2D eigenvalue weighted by Gasteiger charge is 2.22. The Bertz CT molecular complexity index is 516. The Hall–Kier alpha value is -1.76. The van der Waals surface area contributed by atoms with E-state index in [1.165, 1.54) is 13.0 Å². The number of halogens is 1. The Kier molecular flexibility index (Phi) is 3.42. The Morgan fingerprint density at radius 1 is 1.44 bits per heavy atom. The van der Waals surface area contributed by atoms with Crippen LogP contribution in [0, 0.1) is 0 Å². The number of benzene rings is 1. The lowest BCUT2D eigenvalue weighted by Gasteiger charge is -2.10. The highest BCUT2D eigenvalue weighted by atomic mass is 79.9. The van der Waals surface area contributed by atoms with Crippen LogP contribution in [0.4, 0.5) is 0 Å². The van der Waals surface area contributed by atoms with Gasteiger partial charge in [-0.25, -0.2) is 0 Å². The topological polar surface area (TPSA) is 84.9 Å². The van der Waals surface area contributed by atoms with Gasteiger partial charge in [0.15, 0.2) is 11.5 Å². The number of rotatable bonds is 3. The monoisotopic (exact) mass is 315 g/mol. The van der Waals surface area contributed by atoms with Crippen molar-refractivity contribution in [3.8, 4) is 11.5 Å². The van der Waals surface area contributed by atoms with Crippen molar-refractivity contribution in [3.63, 3.8) is 0 Å². The largest absolute Gasteiger partial charge is 0.480 e. The van der Waals surface area contributed by atoms with Crippen molar-refractivity contribution >= 4 is 27.8 Å². The van der Waals surface area contributed by atoms with E-state index >= 15 is 0 Å². The molecule has 7 heteroatoms. The van der Waals surface area contributed by atoms with E-state index in [-0.39, 0.29) is 6.79 Å². The fourth-order valence-electron chi connectivity index (χ4n) is 1.44. The molecule has 1 aliphatic rings. The molecule has 0 radical (unpaired) electrons. The minimum Gasteiger partial charge on any atom is -0.480 e. The number of aliphatic carboxylic acids is 1. The van der Waals surface area contributed by atoms with E-state index in [1.807, 2.05) is 0 Å². The number of nitrogens with one attached hydrogen (secondary N) is 1. The molecule has 0 saturated heterocycles. The molecule has 1 aromatic carbocycles. The van der Waals surface area contributed by atoms with Gasteiger partial charge in [-0.05, 0) is 35.0 Å². The number of carboxylic acid groups (broad SMARTS) is 1. The molecule has 1 amide bonds. The van der Waals surface area contributed by atoms with Gasteiger partial charge in [-0.1, -0.05) is 0 Å². The number of carbonyl (C=O) groups excluding carboxylic acids is 1. The van der Waals surface area contributed by atoms with Crippen molar-refractivity contribution in [2.45, 2.75) is 13.0 Å². The summed E-state index contributed by atoms with van der Waals surface area (Å²) in [5, 5.41) is 11.1. The average Bonchev–Trinajstić information content (AvgIpc) is 2.77. The zero-order chi connectivity index (χ0) is 13.3. The zero-order valence-electron chi connectivity index (χ0n) is 9.40. The van der Waals surface area contributed by atoms with E-state index < -0.39 is 17.9 Å². The summed E-state index contributed by atoms with van der Waals surface area (Å²) in [6.45, 7) is 1.49. The Balaban J connectivity index is 2.21. The van der Waals surface area contributed by atoms with Gasteiger partial charge >= 0.3 is 5.97 Å². The van der Waals surface area contributed by atoms with Crippen molar-refractivity contribution in [1.29, 1.82) is 0 Å². The predicted octanol–water partition coefficient (Wildman–Crippen LogP) is 1.38. The second kappa shape index (κ2) is 4.85. The lowest BCUT2D eigenvalue weighted by Crippen LogP contribution is -2.38. The summed E-state index contributed by atoms with van der Waals surface area (Å²) in [5.74, 6) is -0.581. The number of carboxylic acids is 1. The second-order valence-electron chi connectivity index (χ2n) is 3.73. The predicted molar refractivity (Wildman–Crippen MR) is 64.8 cm³/mol. The molecule has 18 heavy (non-hydrogen) atoms. The van der Waals surface area contributed by atoms with Crippen molar-refractivity contribution in [2.24, 2.45) is 0 Å². The van der Waals surface area contributed by atoms with Crippen LogP contribution in [0.25, 0.3) is 0 Å². The Labute approximate surface area is 111 Å². The summed E-state index contributed by atoms with van der Waals surface area (Å²) in [4.78, 5) is 22.5. The maximum Gasteiger partial charge on any atom is 0.325 e. The van der Waals surface area contributed by atoms with Gasteiger partial charge in [-0.3, -0.25) is 9.59 Å². The molecule has 0 aliphatic carbocycles. The van der Waals surface area contributed by atoms with Crippen LogP contribution in [-0.2, 0) is 4.79 Å². The zero-order valence-corrected chi connectivity index (χ0v) is 11.0. The molecular weight excluding hydrogens is 306 g/mol. The first kappa shape index (κ1) is 12.7. The molecule has 2 N–H and O–H groups in total. The Morgan fingerprint density at radius 2 is 2.17 bits per heavy atom. The SMILES string of the molecule is CC(NC(=O)c1cc(Br)c2c(c1)OCO2)C(=O)O. The summed E-state index contributed by atoms with van der Waals surface area (Å²) in [6.07, 6.45) is 0. The summed E-state index contributed by atoms with van der Waals surface area (Å²) < 4.78 is 11.0. The first-order chi connectivity index (χ1) is 8.49. The number of hydrogen-bond acceptors (Lipinski definition) is 4. The van der Waals surface area contributed by atoms with E-state index in [2.05, 4.69) is 21.2 Å². The van der Waals surface area contributed by atoms with Crippen LogP contribution in [0.3, 0.4) is 0 Å². The molecular formula is C11H10BrNO5. The normalized spacial score (nSPS) is 14.1. The molecule has 0 spiro atoms. The summed E-state index contributed by atoms with van der Waals surface area (Å²) >= 11 is 3.26. The van der Waals surface area contributed by atoms with Crippen LogP contribution in [0.5, 0.6) is 11.5 Å². The number of carbonyl (C=O) groups is 2. The van der Waals surface area contributed by atoms with E-state index in [9.17, 15) is 9.59 Å². The van der Waals surface area contributed by atoms with Crippen molar-refractivity contribution < 1.29 is 24.2 Å². The number of fused-ring (bicyclic) bond motifs is 1. The minimum absolute atomic E-state index is 0.102. The van der Waals surface area contributed by atoms with Crippen LogP contribution in [0.1, 0.15) is 17.3 Å². The van der Waals surface area contributed by atoms with Gasteiger partial charge in [0, 0.05) is 5.56 Å². The number of amides is 1. The van der Waals surface area contributed by atoms with Crippen molar-refractivity contribution in [3.05, 3.63) is 22.2 Å². The summed E-state index contributed by atoms with van der Waals surface area (Å²) in [6, 6.07) is 2.11. The average molecular weight is 316 g/mol. The molecule has 1 unspecified atom stereocenters. The second-order valence-corrected chi connectivity index (χ2v) is 4.58. The van der Waals surface area contributed by atoms with Crippen LogP contribution in [0.2, 0.25) is 0 Å². The molecule has 1 aromatic rings. The molecule has 0 fully saturated rings. The first-order valence-corrected chi connectivity index (χ1v) is 5.91. The van der Waals surface area contributed by atoms with Crippen molar-refractivity contribution in [1.82, 2.24) is 5.32 Å². The van der Waals surface area contributed by atoms with Crippen LogP contribution in [-0.4, -0.2) is 29.8 Å². The van der Waals surface area contributed by atoms with Crippen LogP contribution in [0.15, 0.2) is 16.6 Å². The number of hydrogen-bond donors (Lipinski definition) is 2. The van der Waals surface area contributed by atoms with Crippen LogP contribution >= 0.6 is 15.9 Å². The molecule has 96 valence electrons. The van der Waals surface area contributed by atoms with E-state index in [4.69, 9.17) is 14.6 Å². The molecule has 0 aromatic heterocycles. The van der Waals surface area contributed by atoms with Crippen LogP contribution < -0.4 is 14.8 Å². The molecule has 6 nitrogen and oxygen atoms in total. The van der Waals surface area contributed by atoms with Gasteiger partial charge in [0.2, 0.25) is 6.79 Å². The van der Waals surface area contributed by atoms with Gasteiger partial charge in [0.05, 0.1) is 4.47 Å². The highest BCUT2D eigenvalue weighted by Crippen LogP contribution is 2.39. The summed E-state index contributed by atoms with van der Waals surface area (Å²) in [7, 11) is 0. The quantitative estimate of drug-likeness (QED) is 0.880. The van der Waals surface area contributed by atoms with Gasteiger partial charge < -0.3 is 19.9 Å². The molecule has 0 saturated carbocycles. The third-order valence-electron chi connectivity index (χ3n) is 2.41. The molecule has 0 bridgehead atoms. The number of ether oxygens (including phenoxy) is 2. The van der Waals surface area contributed by atoms with Gasteiger partial charge in [-0.2, -0.15) is 0 Å².